The Kier molecular flexibility index (Phi) is 4.77. The fraction of sp³-hybridized carbons (Fsp3) is 0.583. The minimum Gasteiger partial charge on any atom is -0.354 e. The van der Waals surface area contributed by atoms with Crippen molar-refractivity contribution in [1.82, 2.24) is 29.7 Å². The van der Waals surface area contributed by atoms with E-state index in [4.69, 9.17) is 0 Å². The van der Waals surface area contributed by atoms with E-state index >= 15 is 0 Å². The van der Waals surface area contributed by atoms with Crippen LogP contribution < -0.4 is 5.32 Å². The number of hydrogen-bond donors (Lipinski definition) is 1. The predicted octanol–water partition coefficient (Wildman–Crippen LogP) is 1.62. The van der Waals surface area contributed by atoms with Crippen molar-refractivity contribution in [3.63, 3.8) is 0 Å². The number of nitrogens with zero attached hydrogens (tertiary/aromatic N) is 6. The van der Waals surface area contributed by atoms with Crippen LogP contribution in [0.25, 0.3) is 5.95 Å². The number of aromatic nitrogens is 6. The first kappa shape index (κ1) is 13.4. The Hall–Kier alpha value is -2.05. The van der Waals surface area contributed by atoms with Gasteiger partial charge in [-0.1, -0.05) is 20.3 Å². The molecule has 0 aliphatic carbocycles. The SMILES string of the molecule is CCCCc1nc(NCCC)nc(-n2cncn2)n1. The molecule has 0 atom stereocenters. The highest BCUT2D eigenvalue weighted by atomic mass is 15.4. The Morgan fingerprint density at radius 3 is 2.74 bits per heavy atom. The second kappa shape index (κ2) is 6.77. The summed E-state index contributed by atoms with van der Waals surface area (Å²) in [5.41, 5.74) is 0. The third kappa shape index (κ3) is 3.70. The summed E-state index contributed by atoms with van der Waals surface area (Å²) in [6.45, 7) is 5.09. The van der Waals surface area contributed by atoms with Crippen LogP contribution in [-0.4, -0.2) is 36.3 Å². The quantitative estimate of drug-likeness (QED) is 0.815. The van der Waals surface area contributed by atoms with E-state index in [0.29, 0.717) is 11.9 Å². The first-order chi connectivity index (χ1) is 9.33. The normalized spacial score (nSPS) is 10.6. The molecular weight excluding hydrogens is 242 g/mol. The molecule has 102 valence electrons. The summed E-state index contributed by atoms with van der Waals surface area (Å²) < 4.78 is 1.55. The number of anilines is 1. The van der Waals surface area contributed by atoms with Crippen LogP contribution in [0.5, 0.6) is 0 Å². The van der Waals surface area contributed by atoms with E-state index in [1.54, 1.807) is 11.0 Å². The maximum atomic E-state index is 4.42. The maximum Gasteiger partial charge on any atom is 0.257 e. The maximum absolute atomic E-state index is 4.42. The molecule has 2 heterocycles. The highest BCUT2D eigenvalue weighted by Crippen LogP contribution is 2.07. The molecule has 0 bridgehead atoms. The molecule has 0 radical (unpaired) electrons. The molecule has 19 heavy (non-hydrogen) atoms. The molecule has 0 unspecified atom stereocenters. The lowest BCUT2D eigenvalue weighted by Gasteiger charge is -2.07. The smallest absolute Gasteiger partial charge is 0.257 e. The van der Waals surface area contributed by atoms with Crippen LogP contribution in [0.2, 0.25) is 0 Å². The molecule has 0 aliphatic rings. The van der Waals surface area contributed by atoms with Gasteiger partial charge >= 0.3 is 0 Å². The van der Waals surface area contributed by atoms with E-state index in [2.05, 4.69) is 44.2 Å². The van der Waals surface area contributed by atoms with Crippen LogP contribution in [0.4, 0.5) is 5.95 Å². The first-order valence-electron chi connectivity index (χ1n) is 6.67. The van der Waals surface area contributed by atoms with Crippen molar-refractivity contribution in [3.05, 3.63) is 18.5 Å². The van der Waals surface area contributed by atoms with Crippen LogP contribution in [0.1, 0.15) is 38.9 Å². The molecule has 0 saturated carbocycles. The van der Waals surface area contributed by atoms with Crippen molar-refractivity contribution < 1.29 is 0 Å². The predicted molar refractivity (Wildman–Crippen MR) is 72.1 cm³/mol. The van der Waals surface area contributed by atoms with Gasteiger partial charge in [0.05, 0.1) is 0 Å². The molecule has 2 aromatic rings. The van der Waals surface area contributed by atoms with Gasteiger partial charge in [0.25, 0.3) is 5.95 Å². The molecule has 0 aliphatic heterocycles. The van der Waals surface area contributed by atoms with E-state index in [1.807, 2.05) is 0 Å². The molecule has 1 N–H and O–H groups in total. The fourth-order valence-electron chi connectivity index (χ4n) is 1.58. The highest BCUT2D eigenvalue weighted by Gasteiger charge is 2.08. The van der Waals surface area contributed by atoms with Crippen molar-refractivity contribution in [2.75, 3.05) is 11.9 Å². The number of rotatable bonds is 7. The second-order valence-electron chi connectivity index (χ2n) is 4.25. The van der Waals surface area contributed by atoms with Gasteiger partial charge in [-0.05, 0) is 12.8 Å². The standard InChI is InChI=1S/C12H19N7/c1-3-5-6-10-16-11(14-7-4-2)18-12(17-10)19-9-13-8-15-19/h8-9H,3-7H2,1-2H3,(H,14,16,17,18). The van der Waals surface area contributed by atoms with Gasteiger partial charge in [0.2, 0.25) is 5.95 Å². The van der Waals surface area contributed by atoms with Crippen LogP contribution in [0.15, 0.2) is 12.7 Å². The number of unbranched alkanes of at least 4 members (excludes halogenated alkanes) is 1. The van der Waals surface area contributed by atoms with E-state index < -0.39 is 0 Å². The number of nitrogens with one attached hydrogen (secondary N) is 1. The summed E-state index contributed by atoms with van der Waals surface area (Å²) in [6, 6.07) is 0. The number of aryl methyl sites for hydroxylation is 1. The van der Waals surface area contributed by atoms with Gasteiger partial charge in [-0.15, -0.1) is 0 Å². The Bertz CT molecular complexity index is 469. The Morgan fingerprint density at radius 1 is 1.16 bits per heavy atom. The summed E-state index contributed by atoms with van der Waals surface area (Å²) in [5, 5.41) is 7.24. The average molecular weight is 261 g/mol. The monoisotopic (exact) mass is 261 g/mol. The van der Waals surface area contributed by atoms with Gasteiger partial charge in [0, 0.05) is 13.0 Å². The molecule has 2 aromatic heterocycles. The van der Waals surface area contributed by atoms with Crippen LogP contribution in [-0.2, 0) is 6.42 Å². The van der Waals surface area contributed by atoms with Crippen molar-refractivity contribution >= 4 is 5.95 Å². The van der Waals surface area contributed by atoms with Crippen LogP contribution >= 0.6 is 0 Å². The summed E-state index contributed by atoms with van der Waals surface area (Å²) in [4.78, 5) is 17.1. The van der Waals surface area contributed by atoms with E-state index in [0.717, 1.165) is 38.1 Å². The molecule has 7 nitrogen and oxygen atoms in total. The topological polar surface area (TPSA) is 81.4 Å². The van der Waals surface area contributed by atoms with Crippen molar-refractivity contribution in [1.29, 1.82) is 0 Å². The minimum atomic E-state index is 0.511. The zero-order chi connectivity index (χ0) is 13.5. The summed E-state index contributed by atoms with van der Waals surface area (Å²) in [6.07, 6.45) is 7.10. The van der Waals surface area contributed by atoms with E-state index in [1.165, 1.54) is 6.33 Å². The molecule has 0 amide bonds. The lowest BCUT2D eigenvalue weighted by atomic mass is 10.2. The second-order valence-corrected chi connectivity index (χ2v) is 4.25. The summed E-state index contributed by atoms with van der Waals surface area (Å²) in [7, 11) is 0. The molecule has 7 heteroatoms. The van der Waals surface area contributed by atoms with E-state index in [9.17, 15) is 0 Å². The molecule has 0 spiro atoms. The molecule has 0 saturated heterocycles. The molecular formula is C12H19N7. The average Bonchev–Trinajstić information content (AvgIpc) is 2.97. The lowest BCUT2D eigenvalue weighted by Crippen LogP contribution is -2.12. The number of hydrogen-bond acceptors (Lipinski definition) is 6. The van der Waals surface area contributed by atoms with Crippen molar-refractivity contribution in [2.24, 2.45) is 0 Å². The summed E-state index contributed by atoms with van der Waals surface area (Å²) in [5.74, 6) is 1.91. The molecule has 0 fully saturated rings. The van der Waals surface area contributed by atoms with Gasteiger partial charge in [-0.3, -0.25) is 0 Å². The Balaban J connectivity index is 2.25. The highest BCUT2D eigenvalue weighted by molar-refractivity contribution is 5.28. The third-order valence-corrected chi connectivity index (χ3v) is 2.58. The first-order valence-corrected chi connectivity index (χ1v) is 6.67. The van der Waals surface area contributed by atoms with Gasteiger partial charge in [-0.25, -0.2) is 4.98 Å². The molecule has 0 aromatic carbocycles. The van der Waals surface area contributed by atoms with Gasteiger partial charge in [0.15, 0.2) is 0 Å². The summed E-state index contributed by atoms with van der Waals surface area (Å²) >= 11 is 0. The van der Waals surface area contributed by atoms with Crippen molar-refractivity contribution in [2.45, 2.75) is 39.5 Å². The Labute approximate surface area is 112 Å². The van der Waals surface area contributed by atoms with Crippen LogP contribution in [0, 0.1) is 0 Å². The Morgan fingerprint density at radius 2 is 2.05 bits per heavy atom. The van der Waals surface area contributed by atoms with Gasteiger partial charge in [-0.2, -0.15) is 24.7 Å². The van der Waals surface area contributed by atoms with E-state index in [-0.39, 0.29) is 0 Å². The van der Waals surface area contributed by atoms with Gasteiger partial charge < -0.3 is 5.32 Å². The lowest BCUT2D eigenvalue weighted by molar-refractivity contribution is 0.717. The minimum absolute atomic E-state index is 0.511. The fourth-order valence-corrected chi connectivity index (χ4v) is 1.58. The third-order valence-electron chi connectivity index (χ3n) is 2.58. The zero-order valence-electron chi connectivity index (χ0n) is 11.4. The molecule has 2 rings (SSSR count). The van der Waals surface area contributed by atoms with Crippen molar-refractivity contribution in [3.8, 4) is 5.95 Å². The van der Waals surface area contributed by atoms with Gasteiger partial charge in [0.1, 0.15) is 18.5 Å². The van der Waals surface area contributed by atoms with Crippen LogP contribution in [0.3, 0.4) is 0 Å². The largest absolute Gasteiger partial charge is 0.354 e. The zero-order valence-corrected chi connectivity index (χ0v) is 11.4.